The second-order valence-corrected chi connectivity index (χ2v) is 5.33. The molecule has 1 N–H and O–H groups in total. The van der Waals surface area contributed by atoms with Gasteiger partial charge < -0.3 is 5.32 Å². The Balaban J connectivity index is 2.08. The molecule has 0 radical (unpaired) electrons. The van der Waals surface area contributed by atoms with Crippen molar-refractivity contribution in [1.82, 2.24) is 10.3 Å². The molecule has 3 nitrogen and oxygen atoms in total. The second kappa shape index (κ2) is 5.97. The van der Waals surface area contributed by atoms with Crippen LogP contribution in [0.4, 0.5) is 0 Å². The number of aryl methyl sites for hydroxylation is 1. The van der Waals surface area contributed by atoms with Gasteiger partial charge in [-0.1, -0.05) is 34.1 Å². The Morgan fingerprint density at radius 3 is 2.53 bits per heavy atom. The fourth-order valence-corrected chi connectivity index (χ4v) is 2.04. The fourth-order valence-electron chi connectivity index (χ4n) is 1.77. The molecule has 0 saturated heterocycles. The highest BCUT2D eigenvalue weighted by Crippen LogP contribution is 2.16. The number of rotatable bonds is 3. The topological polar surface area (TPSA) is 42.0 Å². The van der Waals surface area contributed by atoms with Crippen LogP contribution in [0.1, 0.15) is 34.7 Å². The molecular formula is C15H15BrN2O. The first-order valence-corrected chi connectivity index (χ1v) is 6.85. The normalized spacial score (nSPS) is 11.9. The predicted molar refractivity (Wildman–Crippen MR) is 79.0 cm³/mol. The van der Waals surface area contributed by atoms with Crippen molar-refractivity contribution in [3.8, 4) is 0 Å². The lowest BCUT2D eigenvalue weighted by atomic mass is 10.1. The first-order chi connectivity index (χ1) is 9.06. The number of amides is 1. The average molecular weight is 319 g/mol. The fraction of sp³-hybridized carbons (Fsp3) is 0.200. The van der Waals surface area contributed by atoms with Crippen molar-refractivity contribution in [2.75, 3.05) is 0 Å². The van der Waals surface area contributed by atoms with Crippen LogP contribution in [0.15, 0.2) is 46.9 Å². The van der Waals surface area contributed by atoms with Gasteiger partial charge in [-0.25, -0.2) is 4.98 Å². The van der Waals surface area contributed by atoms with E-state index >= 15 is 0 Å². The molecule has 1 heterocycles. The van der Waals surface area contributed by atoms with E-state index in [9.17, 15) is 4.79 Å². The molecule has 98 valence electrons. The van der Waals surface area contributed by atoms with Gasteiger partial charge in [0.25, 0.3) is 5.91 Å². The Kier molecular flexibility index (Phi) is 4.32. The van der Waals surface area contributed by atoms with Crippen LogP contribution in [-0.2, 0) is 0 Å². The standard InChI is InChI=1S/C15H15BrN2O/c1-10-4-3-5-14(17-10)15(19)18-11(2)12-6-8-13(16)9-7-12/h3-9,11H,1-2H3,(H,18,19). The van der Waals surface area contributed by atoms with E-state index in [1.54, 1.807) is 6.07 Å². The van der Waals surface area contributed by atoms with E-state index in [2.05, 4.69) is 26.2 Å². The zero-order chi connectivity index (χ0) is 13.8. The summed E-state index contributed by atoms with van der Waals surface area (Å²) in [6.07, 6.45) is 0. The summed E-state index contributed by atoms with van der Waals surface area (Å²) >= 11 is 3.39. The highest BCUT2D eigenvalue weighted by atomic mass is 79.9. The van der Waals surface area contributed by atoms with Crippen molar-refractivity contribution in [3.05, 3.63) is 63.9 Å². The van der Waals surface area contributed by atoms with Gasteiger partial charge in [0.1, 0.15) is 5.69 Å². The van der Waals surface area contributed by atoms with Gasteiger partial charge in [-0.2, -0.15) is 0 Å². The van der Waals surface area contributed by atoms with Crippen LogP contribution in [0, 0.1) is 6.92 Å². The summed E-state index contributed by atoms with van der Waals surface area (Å²) in [5.74, 6) is -0.154. The summed E-state index contributed by atoms with van der Waals surface area (Å²) < 4.78 is 1.02. The number of aromatic nitrogens is 1. The smallest absolute Gasteiger partial charge is 0.270 e. The lowest BCUT2D eigenvalue weighted by Gasteiger charge is -2.14. The van der Waals surface area contributed by atoms with Crippen molar-refractivity contribution in [2.24, 2.45) is 0 Å². The van der Waals surface area contributed by atoms with Crippen LogP contribution in [0.3, 0.4) is 0 Å². The molecule has 19 heavy (non-hydrogen) atoms. The summed E-state index contributed by atoms with van der Waals surface area (Å²) in [6, 6.07) is 13.3. The van der Waals surface area contributed by atoms with Gasteiger partial charge in [0.2, 0.25) is 0 Å². The number of nitrogens with one attached hydrogen (secondary N) is 1. The molecule has 0 aliphatic heterocycles. The molecule has 0 bridgehead atoms. The highest BCUT2D eigenvalue weighted by Gasteiger charge is 2.12. The summed E-state index contributed by atoms with van der Waals surface area (Å²) in [6.45, 7) is 3.83. The number of hydrogen-bond donors (Lipinski definition) is 1. The maximum absolute atomic E-state index is 12.1. The van der Waals surface area contributed by atoms with E-state index in [-0.39, 0.29) is 11.9 Å². The zero-order valence-corrected chi connectivity index (χ0v) is 12.4. The zero-order valence-electron chi connectivity index (χ0n) is 10.9. The summed E-state index contributed by atoms with van der Waals surface area (Å²) in [4.78, 5) is 16.3. The Labute approximate surface area is 121 Å². The molecule has 1 aromatic carbocycles. The molecule has 1 aromatic heterocycles. The summed E-state index contributed by atoms with van der Waals surface area (Å²) in [7, 11) is 0. The maximum atomic E-state index is 12.1. The minimum atomic E-state index is -0.154. The van der Waals surface area contributed by atoms with Crippen LogP contribution in [0.25, 0.3) is 0 Å². The number of nitrogens with zero attached hydrogens (tertiary/aromatic N) is 1. The third kappa shape index (κ3) is 3.64. The Hall–Kier alpha value is -1.68. The van der Waals surface area contributed by atoms with E-state index in [1.807, 2.05) is 50.2 Å². The molecule has 0 aliphatic carbocycles. The van der Waals surface area contributed by atoms with Crippen molar-refractivity contribution in [2.45, 2.75) is 19.9 Å². The van der Waals surface area contributed by atoms with Crippen molar-refractivity contribution in [3.63, 3.8) is 0 Å². The van der Waals surface area contributed by atoms with Crippen molar-refractivity contribution >= 4 is 21.8 Å². The molecule has 1 unspecified atom stereocenters. The quantitative estimate of drug-likeness (QED) is 0.938. The Bertz CT molecular complexity index is 581. The van der Waals surface area contributed by atoms with E-state index in [1.165, 1.54) is 0 Å². The lowest BCUT2D eigenvalue weighted by Crippen LogP contribution is -2.27. The predicted octanol–water partition coefficient (Wildman–Crippen LogP) is 3.64. The number of halogens is 1. The summed E-state index contributed by atoms with van der Waals surface area (Å²) in [5, 5.41) is 2.94. The lowest BCUT2D eigenvalue weighted by molar-refractivity contribution is 0.0934. The largest absolute Gasteiger partial charge is 0.344 e. The monoisotopic (exact) mass is 318 g/mol. The van der Waals surface area contributed by atoms with Crippen molar-refractivity contribution in [1.29, 1.82) is 0 Å². The van der Waals surface area contributed by atoms with Gasteiger partial charge in [-0.15, -0.1) is 0 Å². The number of carbonyl (C=O) groups excluding carboxylic acids is 1. The van der Waals surface area contributed by atoms with Crippen LogP contribution in [0.5, 0.6) is 0 Å². The first kappa shape index (κ1) is 13.7. The van der Waals surface area contributed by atoms with Crippen LogP contribution >= 0.6 is 15.9 Å². The van der Waals surface area contributed by atoms with Gasteiger partial charge in [-0.3, -0.25) is 4.79 Å². The highest BCUT2D eigenvalue weighted by molar-refractivity contribution is 9.10. The van der Waals surface area contributed by atoms with Gasteiger partial charge in [-0.05, 0) is 43.7 Å². The van der Waals surface area contributed by atoms with Gasteiger partial charge in [0.15, 0.2) is 0 Å². The van der Waals surface area contributed by atoms with E-state index in [0.717, 1.165) is 15.7 Å². The Morgan fingerprint density at radius 2 is 1.89 bits per heavy atom. The van der Waals surface area contributed by atoms with E-state index in [4.69, 9.17) is 0 Å². The SMILES string of the molecule is Cc1cccc(C(=O)NC(C)c2ccc(Br)cc2)n1. The molecule has 0 spiro atoms. The van der Waals surface area contributed by atoms with E-state index in [0.29, 0.717) is 5.69 Å². The first-order valence-electron chi connectivity index (χ1n) is 6.06. The third-order valence-corrected chi connectivity index (χ3v) is 3.37. The minimum Gasteiger partial charge on any atom is -0.344 e. The minimum absolute atomic E-state index is 0.0529. The van der Waals surface area contributed by atoms with Crippen LogP contribution in [0.2, 0.25) is 0 Å². The third-order valence-electron chi connectivity index (χ3n) is 2.84. The number of pyridine rings is 1. The molecule has 0 fully saturated rings. The summed E-state index contributed by atoms with van der Waals surface area (Å²) in [5.41, 5.74) is 2.34. The van der Waals surface area contributed by atoms with Crippen molar-refractivity contribution < 1.29 is 4.79 Å². The number of benzene rings is 1. The van der Waals surface area contributed by atoms with Gasteiger partial charge in [0.05, 0.1) is 6.04 Å². The second-order valence-electron chi connectivity index (χ2n) is 4.41. The number of carbonyl (C=O) groups is 1. The molecule has 1 atom stereocenters. The van der Waals surface area contributed by atoms with Gasteiger partial charge in [0, 0.05) is 10.2 Å². The number of hydrogen-bond acceptors (Lipinski definition) is 2. The molecule has 1 amide bonds. The van der Waals surface area contributed by atoms with Crippen LogP contribution < -0.4 is 5.32 Å². The molecule has 2 aromatic rings. The average Bonchev–Trinajstić information content (AvgIpc) is 2.39. The van der Waals surface area contributed by atoms with Crippen LogP contribution in [-0.4, -0.2) is 10.9 Å². The molecule has 4 heteroatoms. The maximum Gasteiger partial charge on any atom is 0.270 e. The molecule has 0 saturated carbocycles. The van der Waals surface area contributed by atoms with E-state index < -0.39 is 0 Å². The Morgan fingerprint density at radius 1 is 1.21 bits per heavy atom. The molecule has 0 aliphatic rings. The molecular weight excluding hydrogens is 304 g/mol. The molecule has 2 rings (SSSR count). The van der Waals surface area contributed by atoms with Gasteiger partial charge >= 0.3 is 0 Å².